The molecule has 0 radical (unpaired) electrons. The minimum absolute atomic E-state index is 0.0297. The molecule has 0 aliphatic heterocycles. The van der Waals surface area contributed by atoms with Gasteiger partial charge in [0.25, 0.3) is 0 Å². The van der Waals surface area contributed by atoms with E-state index in [1.54, 1.807) is 19.1 Å². The Bertz CT molecular complexity index is 441. The van der Waals surface area contributed by atoms with E-state index in [0.29, 0.717) is 4.47 Å². The van der Waals surface area contributed by atoms with Crippen LogP contribution < -0.4 is 0 Å². The predicted molar refractivity (Wildman–Crippen MR) is 66.0 cm³/mol. The summed E-state index contributed by atoms with van der Waals surface area (Å²) in [6.07, 6.45) is 1.82. The molecule has 1 fully saturated rings. The van der Waals surface area contributed by atoms with Gasteiger partial charge in [-0.15, -0.1) is 0 Å². The van der Waals surface area contributed by atoms with Gasteiger partial charge in [0, 0.05) is 15.5 Å². The van der Waals surface area contributed by atoms with Crippen LogP contribution in [-0.2, 0) is 5.60 Å². The molecule has 0 bridgehead atoms. The summed E-state index contributed by atoms with van der Waals surface area (Å²) in [4.78, 5) is 0. The lowest BCUT2D eigenvalue weighted by atomic mass is 9.81. The van der Waals surface area contributed by atoms with Gasteiger partial charge >= 0.3 is 0 Å². The van der Waals surface area contributed by atoms with E-state index in [0.717, 1.165) is 12.8 Å². The first-order chi connectivity index (χ1) is 7.29. The second kappa shape index (κ2) is 3.69. The zero-order valence-electron chi connectivity index (χ0n) is 9.15. The molecule has 1 saturated carbocycles. The first-order valence-corrected chi connectivity index (χ1v) is 6.33. The fraction of sp³-hybridized carbons (Fsp3) is 0.500. The average Bonchev–Trinajstić information content (AvgIpc) is 2.94. The van der Waals surface area contributed by atoms with Gasteiger partial charge in [0.1, 0.15) is 5.82 Å². The molecule has 88 valence electrons. The molecule has 1 nitrogen and oxygen atoms in total. The molecule has 1 aromatic carbocycles. The summed E-state index contributed by atoms with van der Waals surface area (Å²) in [5.74, 6) is -0.533. The molecule has 0 saturated heterocycles. The second-order valence-electron chi connectivity index (χ2n) is 4.86. The number of hydrogen-bond donors (Lipinski definition) is 1. The molecule has 4 heteroatoms. The van der Waals surface area contributed by atoms with Crippen LogP contribution in [0.1, 0.15) is 32.3 Å². The Morgan fingerprint density at radius 1 is 1.50 bits per heavy atom. The quantitative estimate of drug-likeness (QED) is 0.810. The number of aliphatic hydroxyl groups is 1. The molecule has 0 spiro atoms. The van der Waals surface area contributed by atoms with Crippen molar-refractivity contribution in [3.63, 3.8) is 0 Å². The Kier molecular flexibility index (Phi) is 2.84. The number of hydrogen-bond acceptors (Lipinski definition) is 1. The Morgan fingerprint density at radius 2 is 2.06 bits per heavy atom. The van der Waals surface area contributed by atoms with Crippen LogP contribution >= 0.6 is 27.5 Å². The average molecular weight is 308 g/mol. The van der Waals surface area contributed by atoms with Gasteiger partial charge in [0.05, 0.1) is 10.6 Å². The fourth-order valence-corrected chi connectivity index (χ4v) is 2.37. The molecular formula is C12H13BrClFO. The molecule has 0 aromatic heterocycles. The van der Waals surface area contributed by atoms with Crippen molar-refractivity contribution in [2.45, 2.75) is 32.3 Å². The normalized spacial score (nSPS) is 21.6. The lowest BCUT2D eigenvalue weighted by Gasteiger charge is -2.31. The highest BCUT2D eigenvalue weighted by Crippen LogP contribution is 2.58. The standard InChI is InChI=1S/C12H13BrClFO/c1-11(5-6-11)12(2,16)7-3-4-8(13)9(14)10(7)15/h3-4,16H,5-6H2,1-2H3. The van der Waals surface area contributed by atoms with Crippen LogP contribution in [0.4, 0.5) is 4.39 Å². The SMILES string of the molecule is CC1(C(C)(O)c2ccc(Br)c(Cl)c2F)CC1. The van der Waals surface area contributed by atoms with Crippen LogP contribution in [0.3, 0.4) is 0 Å². The van der Waals surface area contributed by atoms with Crippen LogP contribution in [0, 0.1) is 11.2 Å². The van der Waals surface area contributed by atoms with Crippen molar-refractivity contribution in [1.82, 2.24) is 0 Å². The lowest BCUT2D eigenvalue weighted by Crippen LogP contribution is -2.32. The van der Waals surface area contributed by atoms with Crippen molar-refractivity contribution in [2.24, 2.45) is 5.41 Å². The van der Waals surface area contributed by atoms with Crippen LogP contribution in [0.15, 0.2) is 16.6 Å². The molecule has 16 heavy (non-hydrogen) atoms. The summed E-state index contributed by atoms with van der Waals surface area (Å²) in [6.45, 7) is 3.62. The maximum Gasteiger partial charge on any atom is 0.149 e. The van der Waals surface area contributed by atoms with Crippen molar-refractivity contribution in [3.8, 4) is 0 Å². The largest absolute Gasteiger partial charge is 0.385 e. The van der Waals surface area contributed by atoms with Crippen molar-refractivity contribution in [2.75, 3.05) is 0 Å². The highest BCUT2D eigenvalue weighted by molar-refractivity contribution is 9.10. The third-order valence-corrected chi connectivity index (χ3v) is 4.99. The van der Waals surface area contributed by atoms with Crippen molar-refractivity contribution < 1.29 is 9.50 Å². The molecular weight excluding hydrogens is 294 g/mol. The summed E-state index contributed by atoms with van der Waals surface area (Å²) in [5.41, 5.74) is -1.12. The van der Waals surface area contributed by atoms with Crippen LogP contribution in [0.2, 0.25) is 5.02 Å². The van der Waals surface area contributed by atoms with Gasteiger partial charge in [-0.05, 0) is 41.8 Å². The Hall–Kier alpha value is -0.120. The van der Waals surface area contributed by atoms with Crippen LogP contribution in [0.5, 0.6) is 0 Å². The summed E-state index contributed by atoms with van der Waals surface area (Å²) < 4.78 is 14.5. The second-order valence-corrected chi connectivity index (χ2v) is 6.09. The molecule has 0 heterocycles. The van der Waals surface area contributed by atoms with E-state index in [9.17, 15) is 9.50 Å². The van der Waals surface area contributed by atoms with E-state index in [1.165, 1.54) is 0 Å². The zero-order chi connectivity index (χ0) is 12.1. The minimum Gasteiger partial charge on any atom is -0.385 e. The molecule has 2 rings (SSSR count). The zero-order valence-corrected chi connectivity index (χ0v) is 11.5. The van der Waals surface area contributed by atoms with Gasteiger partial charge in [0.2, 0.25) is 0 Å². The maximum atomic E-state index is 14.0. The summed E-state index contributed by atoms with van der Waals surface area (Å²) in [7, 11) is 0. The van der Waals surface area contributed by atoms with Gasteiger partial charge in [-0.1, -0.05) is 24.6 Å². The molecule has 1 aromatic rings. The Balaban J connectivity index is 2.53. The van der Waals surface area contributed by atoms with E-state index < -0.39 is 11.4 Å². The van der Waals surface area contributed by atoms with Crippen LogP contribution in [0.25, 0.3) is 0 Å². The van der Waals surface area contributed by atoms with E-state index >= 15 is 0 Å². The molecule has 1 aliphatic rings. The highest BCUT2D eigenvalue weighted by Gasteiger charge is 2.54. The Morgan fingerprint density at radius 3 is 2.56 bits per heavy atom. The third-order valence-electron chi connectivity index (χ3n) is 3.73. The predicted octanol–water partition coefficient (Wildman–Crippen LogP) is 4.25. The maximum absolute atomic E-state index is 14.0. The lowest BCUT2D eigenvalue weighted by molar-refractivity contribution is -0.0157. The summed E-state index contributed by atoms with van der Waals surface area (Å²) in [6, 6.07) is 3.26. The van der Waals surface area contributed by atoms with Crippen molar-refractivity contribution in [1.29, 1.82) is 0 Å². The monoisotopic (exact) mass is 306 g/mol. The van der Waals surface area contributed by atoms with E-state index in [4.69, 9.17) is 11.6 Å². The molecule has 1 unspecified atom stereocenters. The number of rotatable bonds is 2. The van der Waals surface area contributed by atoms with E-state index in [-0.39, 0.29) is 16.0 Å². The third kappa shape index (κ3) is 1.69. The van der Waals surface area contributed by atoms with Gasteiger partial charge in [-0.3, -0.25) is 0 Å². The molecule has 1 atom stereocenters. The minimum atomic E-state index is -1.17. The van der Waals surface area contributed by atoms with Crippen molar-refractivity contribution >= 4 is 27.5 Å². The van der Waals surface area contributed by atoms with Gasteiger partial charge in [-0.25, -0.2) is 4.39 Å². The topological polar surface area (TPSA) is 20.2 Å². The summed E-state index contributed by atoms with van der Waals surface area (Å²) in [5, 5.41) is 10.5. The smallest absolute Gasteiger partial charge is 0.149 e. The molecule has 0 amide bonds. The summed E-state index contributed by atoms with van der Waals surface area (Å²) >= 11 is 8.99. The Labute approximate surface area is 108 Å². The van der Waals surface area contributed by atoms with Crippen LogP contribution in [-0.4, -0.2) is 5.11 Å². The first kappa shape index (κ1) is 12.3. The molecule has 1 aliphatic carbocycles. The van der Waals surface area contributed by atoms with Gasteiger partial charge in [-0.2, -0.15) is 0 Å². The van der Waals surface area contributed by atoms with E-state index in [1.807, 2.05) is 6.92 Å². The van der Waals surface area contributed by atoms with Crippen molar-refractivity contribution in [3.05, 3.63) is 33.0 Å². The fourth-order valence-electron chi connectivity index (χ4n) is 1.90. The molecule has 1 N–H and O–H groups in total. The first-order valence-electron chi connectivity index (χ1n) is 5.16. The van der Waals surface area contributed by atoms with Gasteiger partial charge < -0.3 is 5.11 Å². The van der Waals surface area contributed by atoms with Gasteiger partial charge in [0.15, 0.2) is 0 Å². The number of halogens is 3. The van der Waals surface area contributed by atoms with E-state index in [2.05, 4.69) is 15.9 Å². The number of benzene rings is 1. The highest BCUT2D eigenvalue weighted by atomic mass is 79.9.